The Hall–Kier alpha value is -2.89. The van der Waals surface area contributed by atoms with Gasteiger partial charge >= 0.3 is 6.03 Å². The van der Waals surface area contributed by atoms with E-state index in [9.17, 15) is 14.0 Å². The molecule has 2 aromatic rings. The normalized spacial score (nSPS) is 17.9. The zero-order valence-electron chi connectivity index (χ0n) is 16.7. The van der Waals surface area contributed by atoms with Crippen LogP contribution in [0.3, 0.4) is 0 Å². The summed E-state index contributed by atoms with van der Waals surface area (Å²) in [4.78, 5) is 31.2. The molecule has 4 rings (SSSR count). The van der Waals surface area contributed by atoms with Gasteiger partial charge in [0.25, 0.3) is 5.91 Å². The smallest absolute Gasteiger partial charge is 0.320 e. The number of carbonyl (C=O) groups is 2. The molecule has 2 fully saturated rings. The van der Waals surface area contributed by atoms with Gasteiger partial charge in [0.05, 0.1) is 0 Å². The molecule has 0 aliphatic carbocycles. The van der Waals surface area contributed by atoms with Crippen LogP contribution in [0.15, 0.2) is 48.5 Å². The van der Waals surface area contributed by atoms with Gasteiger partial charge in [-0.15, -0.1) is 0 Å². The third kappa shape index (κ3) is 4.26. The molecule has 2 heterocycles. The molecule has 6 heteroatoms. The number of aryl methyl sites for hydroxylation is 1. The highest BCUT2D eigenvalue weighted by Crippen LogP contribution is 2.24. The largest absolute Gasteiger partial charge is 0.338 e. The zero-order chi connectivity index (χ0) is 20.4. The number of hydrogen-bond acceptors (Lipinski definition) is 2. The number of likely N-dealkylation sites (tertiary alicyclic amines) is 1. The number of piperidine rings is 1. The van der Waals surface area contributed by atoms with Crippen LogP contribution in [-0.2, 0) is 6.54 Å². The van der Waals surface area contributed by atoms with Crippen LogP contribution in [0.5, 0.6) is 0 Å². The number of rotatable bonds is 4. The molecule has 0 N–H and O–H groups in total. The van der Waals surface area contributed by atoms with Gasteiger partial charge in [0.2, 0.25) is 0 Å². The summed E-state index contributed by atoms with van der Waals surface area (Å²) in [5.74, 6) is -0.416. The second-order valence-electron chi connectivity index (χ2n) is 7.92. The Morgan fingerprint density at radius 3 is 2.45 bits per heavy atom. The maximum atomic E-state index is 13.1. The first-order chi connectivity index (χ1) is 14.0. The quantitative estimate of drug-likeness (QED) is 0.793. The maximum Gasteiger partial charge on any atom is 0.320 e. The van der Waals surface area contributed by atoms with E-state index in [4.69, 9.17) is 0 Å². The maximum absolute atomic E-state index is 13.1. The minimum absolute atomic E-state index is 0.0720. The first kappa shape index (κ1) is 19.4. The lowest BCUT2D eigenvalue weighted by Crippen LogP contribution is -2.48. The molecule has 0 unspecified atom stereocenters. The monoisotopic (exact) mass is 395 g/mol. The Bertz CT molecular complexity index is 891. The molecular formula is C23H26FN3O2. The highest BCUT2D eigenvalue weighted by molar-refractivity contribution is 5.94. The number of benzene rings is 2. The van der Waals surface area contributed by atoms with Crippen LogP contribution >= 0.6 is 0 Å². The van der Waals surface area contributed by atoms with Crippen LogP contribution in [0.4, 0.5) is 9.18 Å². The topological polar surface area (TPSA) is 43.9 Å². The zero-order valence-corrected chi connectivity index (χ0v) is 16.7. The highest BCUT2D eigenvalue weighted by Gasteiger charge is 2.36. The van der Waals surface area contributed by atoms with Crippen molar-refractivity contribution in [1.82, 2.24) is 14.7 Å². The van der Waals surface area contributed by atoms with Gasteiger partial charge in [-0.3, -0.25) is 4.79 Å². The number of hydrogen-bond donors (Lipinski definition) is 0. The average Bonchev–Trinajstić information content (AvgIpc) is 3.08. The molecular weight excluding hydrogens is 369 g/mol. The summed E-state index contributed by atoms with van der Waals surface area (Å²) in [7, 11) is 0. The van der Waals surface area contributed by atoms with Gasteiger partial charge in [0.1, 0.15) is 5.82 Å². The first-order valence-corrected chi connectivity index (χ1v) is 10.2. The van der Waals surface area contributed by atoms with Crippen molar-refractivity contribution in [2.45, 2.75) is 32.4 Å². The Kier molecular flexibility index (Phi) is 5.51. The third-order valence-corrected chi connectivity index (χ3v) is 5.87. The molecule has 0 bridgehead atoms. The van der Waals surface area contributed by atoms with Gasteiger partial charge < -0.3 is 14.7 Å². The summed E-state index contributed by atoms with van der Waals surface area (Å²) in [6.45, 7) is 5.40. The van der Waals surface area contributed by atoms with Gasteiger partial charge in [-0.1, -0.05) is 29.8 Å². The molecule has 3 amide bonds. The molecule has 2 aromatic carbocycles. The molecule has 0 saturated carbocycles. The van der Waals surface area contributed by atoms with Gasteiger partial charge in [-0.05, 0) is 49.6 Å². The van der Waals surface area contributed by atoms with Crippen LogP contribution in [-0.4, -0.2) is 58.9 Å². The summed E-state index contributed by atoms with van der Waals surface area (Å²) in [6, 6.07) is 14.2. The Morgan fingerprint density at radius 2 is 1.76 bits per heavy atom. The molecule has 0 spiro atoms. The minimum atomic E-state index is -0.344. The number of nitrogens with zero attached hydrogens (tertiary/aromatic N) is 3. The molecule has 0 radical (unpaired) electrons. The lowest BCUT2D eigenvalue weighted by Gasteiger charge is -2.36. The number of halogens is 1. The molecule has 5 nitrogen and oxygen atoms in total. The van der Waals surface area contributed by atoms with Gasteiger partial charge in [0, 0.05) is 44.3 Å². The average molecular weight is 395 g/mol. The summed E-state index contributed by atoms with van der Waals surface area (Å²) < 4.78 is 13.1. The van der Waals surface area contributed by atoms with Gasteiger partial charge in [-0.2, -0.15) is 0 Å². The van der Waals surface area contributed by atoms with E-state index in [1.807, 2.05) is 15.9 Å². The molecule has 0 atom stereocenters. The van der Waals surface area contributed by atoms with E-state index in [-0.39, 0.29) is 23.8 Å². The predicted molar refractivity (Wildman–Crippen MR) is 109 cm³/mol. The fourth-order valence-electron chi connectivity index (χ4n) is 4.27. The fraction of sp³-hybridized carbons (Fsp3) is 0.391. The molecule has 2 aliphatic heterocycles. The van der Waals surface area contributed by atoms with Crippen LogP contribution in [0.25, 0.3) is 0 Å². The fourth-order valence-corrected chi connectivity index (χ4v) is 4.27. The number of urea groups is 1. The lowest BCUT2D eigenvalue weighted by molar-refractivity contribution is 0.0663. The molecule has 2 aliphatic rings. The van der Waals surface area contributed by atoms with E-state index in [1.165, 1.54) is 29.8 Å². The van der Waals surface area contributed by atoms with Crippen molar-refractivity contribution < 1.29 is 14.0 Å². The molecule has 29 heavy (non-hydrogen) atoms. The summed E-state index contributed by atoms with van der Waals surface area (Å²) in [5.41, 5.74) is 2.86. The van der Waals surface area contributed by atoms with E-state index in [2.05, 4.69) is 25.1 Å². The van der Waals surface area contributed by atoms with Crippen LogP contribution in [0, 0.1) is 12.7 Å². The minimum Gasteiger partial charge on any atom is -0.338 e. The van der Waals surface area contributed by atoms with Gasteiger partial charge in [0.15, 0.2) is 0 Å². The van der Waals surface area contributed by atoms with E-state index >= 15 is 0 Å². The van der Waals surface area contributed by atoms with Crippen molar-refractivity contribution in [1.29, 1.82) is 0 Å². The summed E-state index contributed by atoms with van der Waals surface area (Å²) >= 11 is 0. The number of carbonyl (C=O) groups excluding carboxylic acids is 2. The van der Waals surface area contributed by atoms with Gasteiger partial charge in [-0.25, -0.2) is 9.18 Å². The molecule has 0 aromatic heterocycles. The van der Waals surface area contributed by atoms with E-state index < -0.39 is 0 Å². The Morgan fingerprint density at radius 1 is 1.03 bits per heavy atom. The van der Waals surface area contributed by atoms with Crippen molar-refractivity contribution in [3.8, 4) is 0 Å². The third-order valence-electron chi connectivity index (χ3n) is 5.87. The first-order valence-electron chi connectivity index (χ1n) is 10.2. The van der Waals surface area contributed by atoms with Crippen LogP contribution in [0.1, 0.15) is 34.3 Å². The highest BCUT2D eigenvalue weighted by atomic mass is 19.1. The molecule has 152 valence electrons. The van der Waals surface area contributed by atoms with E-state index in [1.54, 1.807) is 4.90 Å². The number of amides is 3. The van der Waals surface area contributed by atoms with Crippen molar-refractivity contribution in [2.75, 3.05) is 26.2 Å². The SMILES string of the molecule is Cc1cccc(CN2CCN(C3CCN(C(=O)c4ccc(F)cc4)CC3)C2=O)c1. The Labute approximate surface area is 170 Å². The van der Waals surface area contributed by atoms with Crippen LogP contribution in [0.2, 0.25) is 0 Å². The standard InChI is InChI=1S/C23H26FN3O2/c1-17-3-2-4-18(15-17)16-26-13-14-27(23(26)29)21-9-11-25(12-10-21)22(28)19-5-7-20(24)8-6-19/h2-8,15,21H,9-14,16H2,1H3. The van der Waals surface area contributed by atoms with Crippen LogP contribution < -0.4 is 0 Å². The van der Waals surface area contributed by atoms with Crippen molar-refractivity contribution >= 4 is 11.9 Å². The van der Waals surface area contributed by atoms with Crippen molar-refractivity contribution in [2.24, 2.45) is 0 Å². The lowest BCUT2D eigenvalue weighted by atomic mass is 10.0. The van der Waals surface area contributed by atoms with Crippen molar-refractivity contribution in [3.63, 3.8) is 0 Å². The Balaban J connectivity index is 1.32. The second kappa shape index (κ2) is 8.23. The predicted octanol–water partition coefficient (Wildman–Crippen LogP) is 3.68. The van der Waals surface area contributed by atoms with Crippen molar-refractivity contribution in [3.05, 3.63) is 71.0 Å². The van der Waals surface area contributed by atoms with E-state index in [0.717, 1.165) is 31.5 Å². The molecule has 2 saturated heterocycles. The van der Waals surface area contributed by atoms with E-state index in [0.29, 0.717) is 25.2 Å². The summed E-state index contributed by atoms with van der Waals surface area (Å²) in [6.07, 6.45) is 1.55. The summed E-state index contributed by atoms with van der Waals surface area (Å²) in [5, 5.41) is 0. The second-order valence-corrected chi connectivity index (χ2v) is 7.92.